The summed E-state index contributed by atoms with van der Waals surface area (Å²) in [7, 11) is 3.36. The van der Waals surface area contributed by atoms with Crippen LogP contribution in [-0.4, -0.2) is 41.9 Å². The van der Waals surface area contributed by atoms with Crippen molar-refractivity contribution in [1.82, 2.24) is 15.3 Å². The number of carbonyl (C=O) groups is 2. The Morgan fingerprint density at radius 3 is 2.39 bits per heavy atom. The zero-order chi connectivity index (χ0) is 12.9. The van der Waals surface area contributed by atoms with Crippen molar-refractivity contribution >= 4 is 11.8 Å². The van der Waals surface area contributed by atoms with Crippen molar-refractivity contribution in [3.8, 4) is 0 Å². The third kappa shape index (κ3) is 1.41. The summed E-state index contributed by atoms with van der Waals surface area (Å²) in [6, 6.07) is 9.27. The lowest BCUT2D eigenvalue weighted by atomic mass is 9.91. The second-order valence-electron chi connectivity index (χ2n) is 4.83. The number of nitrogens with zero attached hydrogens (tertiary/aromatic N) is 2. The maximum absolute atomic E-state index is 12.2. The number of nitrogens with one attached hydrogen (secondary N) is 1. The van der Waals surface area contributed by atoms with E-state index >= 15 is 0 Å². The zero-order valence-corrected chi connectivity index (χ0v) is 10.3. The lowest BCUT2D eigenvalue weighted by Crippen LogP contribution is -2.41. The van der Waals surface area contributed by atoms with Gasteiger partial charge in [0.25, 0.3) is 0 Å². The molecule has 0 bridgehead atoms. The van der Waals surface area contributed by atoms with Gasteiger partial charge < -0.3 is 0 Å². The molecular weight excluding hydrogens is 230 g/mol. The fourth-order valence-electron chi connectivity index (χ4n) is 2.87. The molecule has 0 spiro atoms. The van der Waals surface area contributed by atoms with Crippen LogP contribution in [0.1, 0.15) is 11.6 Å². The highest BCUT2D eigenvalue weighted by Crippen LogP contribution is 2.38. The Kier molecular flexibility index (Phi) is 2.46. The Morgan fingerprint density at radius 1 is 1.06 bits per heavy atom. The molecule has 0 saturated carbocycles. The molecule has 18 heavy (non-hydrogen) atoms. The van der Waals surface area contributed by atoms with Crippen LogP contribution in [0.4, 0.5) is 0 Å². The molecule has 1 N–H and O–H groups in total. The van der Waals surface area contributed by atoms with E-state index in [2.05, 4.69) is 5.43 Å². The number of hydrazine groups is 1. The minimum absolute atomic E-state index is 0.101. The van der Waals surface area contributed by atoms with E-state index in [9.17, 15) is 9.59 Å². The molecule has 5 heteroatoms. The van der Waals surface area contributed by atoms with Crippen LogP contribution in [0.5, 0.6) is 0 Å². The van der Waals surface area contributed by atoms with Crippen molar-refractivity contribution in [2.24, 2.45) is 5.92 Å². The summed E-state index contributed by atoms with van der Waals surface area (Å²) >= 11 is 0. The van der Waals surface area contributed by atoms with Crippen molar-refractivity contribution in [2.75, 3.05) is 14.1 Å². The van der Waals surface area contributed by atoms with Gasteiger partial charge in [-0.05, 0) is 5.56 Å². The third-order valence-electron chi connectivity index (χ3n) is 3.82. The Bertz CT molecular complexity index is 502. The molecule has 2 aliphatic rings. The Labute approximate surface area is 105 Å². The molecule has 94 valence electrons. The number of hydrogen-bond acceptors (Lipinski definition) is 4. The van der Waals surface area contributed by atoms with Gasteiger partial charge in [0.2, 0.25) is 11.8 Å². The van der Waals surface area contributed by atoms with E-state index < -0.39 is 0 Å². The fourth-order valence-corrected chi connectivity index (χ4v) is 2.87. The number of rotatable bonds is 1. The molecule has 0 unspecified atom stereocenters. The zero-order valence-electron chi connectivity index (χ0n) is 10.3. The van der Waals surface area contributed by atoms with E-state index in [-0.39, 0.29) is 29.8 Å². The predicted molar refractivity (Wildman–Crippen MR) is 65.1 cm³/mol. The van der Waals surface area contributed by atoms with Crippen LogP contribution in [0.2, 0.25) is 0 Å². The molecule has 2 saturated heterocycles. The number of carbonyl (C=O) groups excluding carboxylic acids is 2. The maximum Gasteiger partial charge on any atom is 0.248 e. The first kappa shape index (κ1) is 11.4. The Hall–Kier alpha value is -1.72. The standard InChI is InChI=1S/C13H15N3O2/c1-15-12(17)9-10(8-6-4-3-5-7-8)14-16(2)11(9)13(15)18/h3-7,9-11,14H,1-2H3/t9-,10-,11+/m0/s1. The van der Waals surface area contributed by atoms with Gasteiger partial charge in [-0.3, -0.25) is 14.5 Å². The smallest absolute Gasteiger partial charge is 0.248 e. The van der Waals surface area contributed by atoms with Gasteiger partial charge in [-0.2, -0.15) is 0 Å². The van der Waals surface area contributed by atoms with Gasteiger partial charge in [-0.15, -0.1) is 0 Å². The van der Waals surface area contributed by atoms with Crippen LogP contribution in [0.25, 0.3) is 0 Å². The molecular formula is C13H15N3O2. The molecule has 2 heterocycles. The Morgan fingerprint density at radius 2 is 1.72 bits per heavy atom. The van der Waals surface area contributed by atoms with Crippen molar-refractivity contribution in [3.63, 3.8) is 0 Å². The summed E-state index contributed by atoms with van der Waals surface area (Å²) in [4.78, 5) is 25.4. The first-order chi connectivity index (χ1) is 8.61. The first-order valence-electron chi connectivity index (χ1n) is 5.96. The summed E-state index contributed by atoms with van der Waals surface area (Å²) in [5.41, 5.74) is 4.25. The van der Waals surface area contributed by atoms with Crippen LogP contribution in [0.3, 0.4) is 0 Å². The van der Waals surface area contributed by atoms with Crippen LogP contribution in [0.15, 0.2) is 30.3 Å². The summed E-state index contributed by atoms with van der Waals surface area (Å²) < 4.78 is 0. The number of fused-ring (bicyclic) bond motifs is 1. The van der Waals surface area contributed by atoms with Crippen molar-refractivity contribution < 1.29 is 9.59 Å². The molecule has 1 aromatic rings. The molecule has 2 amide bonds. The highest BCUT2D eigenvalue weighted by molar-refractivity contribution is 6.07. The molecule has 2 fully saturated rings. The predicted octanol–water partition coefficient (Wildman–Crippen LogP) is 0.161. The molecule has 2 aliphatic heterocycles. The van der Waals surface area contributed by atoms with Gasteiger partial charge in [-0.25, -0.2) is 10.4 Å². The second kappa shape index (κ2) is 3.90. The molecule has 1 aromatic carbocycles. The van der Waals surface area contributed by atoms with E-state index in [1.54, 1.807) is 12.1 Å². The van der Waals surface area contributed by atoms with Gasteiger partial charge in [0, 0.05) is 14.1 Å². The van der Waals surface area contributed by atoms with E-state index in [1.165, 1.54) is 4.90 Å². The van der Waals surface area contributed by atoms with Gasteiger partial charge in [0.1, 0.15) is 6.04 Å². The molecule has 0 radical (unpaired) electrons. The molecule has 3 atom stereocenters. The summed E-state index contributed by atoms with van der Waals surface area (Å²) in [6.45, 7) is 0. The summed E-state index contributed by atoms with van der Waals surface area (Å²) in [5.74, 6) is -0.552. The van der Waals surface area contributed by atoms with E-state index in [0.717, 1.165) is 5.56 Å². The number of benzene rings is 1. The SMILES string of the molecule is CN1C(=O)[C@H]2[C@H](c3ccccc3)NN(C)[C@H]2C1=O. The highest BCUT2D eigenvalue weighted by atomic mass is 16.2. The molecule has 0 aromatic heterocycles. The number of likely N-dealkylation sites (tertiary alicyclic amines) is 1. The largest absolute Gasteiger partial charge is 0.284 e. The Balaban J connectivity index is 2.00. The number of hydrogen-bond donors (Lipinski definition) is 1. The molecule has 3 rings (SSSR count). The van der Waals surface area contributed by atoms with Crippen molar-refractivity contribution in [2.45, 2.75) is 12.1 Å². The van der Waals surface area contributed by atoms with E-state index in [4.69, 9.17) is 0 Å². The van der Waals surface area contributed by atoms with Crippen LogP contribution < -0.4 is 5.43 Å². The van der Waals surface area contributed by atoms with Crippen LogP contribution >= 0.6 is 0 Å². The monoisotopic (exact) mass is 245 g/mol. The average molecular weight is 245 g/mol. The average Bonchev–Trinajstić information content (AvgIpc) is 2.84. The minimum Gasteiger partial charge on any atom is -0.284 e. The quantitative estimate of drug-likeness (QED) is 0.716. The number of likely N-dealkylation sites (N-methyl/N-ethyl adjacent to an activating group) is 2. The second-order valence-corrected chi connectivity index (χ2v) is 4.83. The summed E-state index contributed by atoms with van der Waals surface area (Å²) in [5, 5.41) is 1.76. The lowest BCUT2D eigenvalue weighted by molar-refractivity contribution is -0.139. The minimum atomic E-state index is -0.382. The molecule has 5 nitrogen and oxygen atoms in total. The van der Waals surface area contributed by atoms with Gasteiger partial charge in [0.15, 0.2) is 0 Å². The maximum atomic E-state index is 12.2. The summed E-state index contributed by atoms with van der Waals surface area (Å²) in [6.07, 6.45) is 0. The van der Waals surface area contributed by atoms with Crippen LogP contribution in [0, 0.1) is 5.92 Å². The van der Waals surface area contributed by atoms with Gasteiger partial charge in [0.05, 0.1) is 12.0 Å². The fraction of sp³-hybridized carbons (Fsp3) is 0.385. The van der Waals surface area contributed by atoms with Gasteiger partial charge >= 0.3 is 0 Å². The van der Waals surface area contributed by atoms with Crippen LogP contribution in [-0.2, 0) is 9.59 Å². The molecule has 0 aliphatic carbocycles. The number of imide groups is 1. The van der Waals surface area contributed by atoms with Crippen molar-refractivity contribution in [3.05, 3.63) is 35.9 Å². The van der Waals surface area contributed by atoms with E-state index in [1.807, 2.05) is 37.4 Å². The first-order valence-corrected chi connectivity index (χ1v) is 5.96. The third-order valence-corrected chi connectivity index (χ3v) is 3.82. The highest BCUT2D eigenvalue weighted by Gasteiger charge is 2.56. The van der Waals surface area contributed by atoms with Gasteiger partial charge in [-0.1, -0.05) is 30.3 Å². The number of amides is 2. The lowest BCUT2D eigenvalue weighted by Gasteiger charge is -2.19. The normalized spacial score (nSPS) is 32.1. The topological polar surface area (TPSA) is 52.7 Å². The van der Waals surface area contributed by atoms with Crippen molar-refractivity contribution in [1.29, 1.82) is 0 Å². The van der Waals surface area contributed by atoms with E-state index in [0.29, 0.717) is 0 Å².